The highest BCUT2D eigenvalue weighted by atomic mass is 14.9. The van der Waals surface area contributed by atoms with Crippen LogP contribution in [0.4, 0.5) is 0 Å². The van der Waals surface area contributed by atoms with Crippen molar-refractivity contribution in [2.75, 3.05) is 13.1 Å². The Morgan fingerprint density at radius 1 is 1.30 bits per heavy atom. The summed E-state index contributed by atoms with van der Waals surface area (Å²) in [7, 11) is 0. The van der Waals surface area contributed by atoms with Gasteiger partial charge in [-0.05, 0) is 37.8 Å². The lowest BCUT2D eigenvalue weighted by Crippen LogP contribution is -2.14. The Labute approximate surface area is 61.2 Å². The van der Waals surface area contributed by atoms with E-state index in [1.165, 1.54) is 6.42 Å². The maximum Gasteiger partial charge on any atom is 0.0659 e. The highest BCUT2D eigenvalue weighted by Crippen LogP contribution is 2.38. The van der Waals surface area contributed by atoms with Gasteiger partial charge < -0.3 is 5.32 Å². The van der Waals surface area contributed by atoms with Gasteiger partial charge in [0.05, 0.1) is 12.0 Å². The van der Waals surface area contributed by atoms with Gasteiger partial charge in [0.1, 0.15) is 0 Å². The monoisotopic (exact) mass is 136 g/mol. The van der Waals surface area contributed by atoms with Gasteiger partial charge in [0.25, 0.3) is 0 Å². The molecule has 2 fully saturated rings. The number of rotatable bonds is 0. The van der Waals surface area contributed by atoms with Crippen LogP contribution in [0.2, 0.25) is 0 Å². The van der Waals surface area contributed by atoms with Crippen LogP contribution in [0.25, 0.3) is 0 Å². The van der Waals surface area contributed by atoms with Gasteiger partial charge in [0, 0.05) is 0 Å². The zero-order valence-corrected chi connectivity index (χ0v) is 6.01. The molecule has 2 heteroatoms. The molecule has 0 spiro atoms. The fourth-order valence-electron chi connectivity index (χ4n) is 2.31. The first-order chi connectivity index (χ1) is 4.92. The first kappa shape index (κ1) is 6.18. The number of hydrogen-bond donors (Lipinski definition) is 1. The van der Waals surface area contributed by atoms with Gasteiger partial charge in [-0.2, -0.15) is 5.26 Å². The van der Waals surface area contributed by atoms with Crippen molar-refractivity contribution < 1.29 is 0 Å². The number of hydrogen-bond acceptors (Lipinski definition) is 2. The van der Waals surface area contributed by atoms with Crippen molar-refractivity contribution in [2.45, 2.75) is 12.8 Å². The third kappa shape index (κ3) is 0.741. The van der Waals surface area contributed by atoms with E-state index in [1.54, 1.807) is 0 Å². The Hall–Kier alpha value is -0.550. The molecule has 3 atom stereocenters. The molecule has 2 aliphatic rings. The van der Waals surface area contributed by atoms with Crippen LogP contribution < -0.4 is 5.32 Å². The summed E-state index contributed by atoms with van der Waals surface area (Å²) in [5.41, 5.74) is 0. The lowest BCUT2D eigenvalue weighted by atomic mass is 9.94. The third-order valence-corrected chi connectivity index (χ3v) is 2.92. The van der Waals surface area contributed by atoms with Gasteiger partial charge in [0.15, 0.2) is 0 Å². The molecule has 2 rings (SSSR count). The molecule has 0 amide bonds. The second kappa shape index (κ2) is 2.25. The third-order valence-electron chi connectivity index (χ3n) is 2.92. The molecule has 0 radical (unpaired) electrons. The van der Waals surface area contributed by atoms with Crippen LogP contribution >= 0.6 is 0 Å². The SMILES string of the molecule is N#C[C@@H]1CC[C@@H]2CNC[C@@H]21. The summed E-state index contributed by atoms with van der Waals surface area (Å²) in [5, 5.41) is 12.1. The van der Waals surface area contributed by atoms with Gasteiger partial charge in [-0.3, -0.25) is 0 Å². The molecule has 1 heterocycles. The van der Waals surface area contributed by atoms with Crippen molar-refractivity contribution in [3.05, 3.63) is 0 Å². The molecule has 0 unspecified atom stereocenters. The molecule has 0 aromatic carbocycles. The minimum atomic E-state index is 0.361. The molecule has 0 aromatic heterocycles. The summed E-state index contributed by atoms with van der Waals surface area (Å²) >= 11 is 0. The van der Waals surface area contributed by atoms with Crippen LogP contribution in [0.1, 0.15) is 12.8 Å². The van der Waals surface area contributed by atoms with Crippen LogP contribution in [-0.2, 0) is 0 Å². The molecule has 1 N–H and O–H groups in total. The molecular formula is C8H12N2. The predicted molar refractivity (Wildman–Crippen MR) is 38.2 cm³/mol. The number of nitrogens with zero attached hydrogens (tertiary/aromatic N) is 1. The Kier molecular flexibility index (Phi) is 1.39. The molecule has 1 aliphatic heterocycles. The van der Waals surface area contributed by atoms with Crippen LogP contribution in [-0.4, -0.2) is 13.1 Å². The molecule has 1 aliphatic carbocycles. The van der Waals surface area contributed by atoms with Gasteiger partial charge in [0.2, 0.25) is 0 Å². The van der Waals surface area contributed by atoms with E-state index in [1.807, 2.05) is 0 Å². The van der Waals surface area contributed by atoms with E-state index >= 15 is 0 Å². The summed E-state index contributed by atoms with van der Waals surface area (Å²) in [6.07, 6.45) is 2.42. The van der Waals surface area contributed by atoms with E-state index in [0.717, 1.165) is 25.4 Å². The van der Waals surface area contributed by atoms with E-state index in [2.05, 4.69) is 11.4 Å². The number of nitriles is 1. The zero-order chi connectivity index (χ0) is 6.97. The van der Waals surface area contributed by atoms with Crippen molar-refractivity contribution in [3.8, 4) is 6.07 Å². The van der Waals surface area contributed by atoms with Crippen molar-refractivity contribution >= 4 is 0 Å². The number of nitrogens with one attached hydrogen (secondary N) is 1. The Bertz CT molecular complexity index is 171. The summed E-state index contributed by atoms with van der Waals surface area (Å²) < 4.78 is 0. The normalized spacial score (nSPS) is 44.9. The summed E-state index contributed by atoms with van der Waals surface area (Å²) in [4.78, 5) is 0. The zero-order valence-electron chi connectivity index (χ0n) is 6.01. The predicted octanol–water partition coefficient (Wildman–Crippen LogP) is 0.756. The standard InChI is InChI=1S/C8H12N2/c9-3-6-1-2-7-4-10-5-8(6)7/h6-8,10H,1-2,4-5H2/t6-,7+,8+/m0/s1. The lowest BCUT2D eigenvalue weighted by Gasteiger charge is -2.08. The number of fused-ring (bicyclic) bond motifs is 1. The molecule has 10 heavy (non-hydrogen) atoms. The summed E-state index contributed by atoms with van der Waals surface area (Å²) in [6, 6.07) is 2.40. The van der Waals surface area contributed by atoms with Gasteiger partial charge >= 0.3 is 0 Å². The van der Waals surface area contributed by atoms with Crippen molar-refractivity contribution in [3.63, 3.8) is 0 Å². The fraction of sp³-hybridized carbons (Fsp3) is 0.875. The Morgan fingerprint density at radius 2 is 2.20 bits per heavy atom. The average Bonchev–Trinajstić information content (AvgIpc) is 2.44. The highest BCUT2D eigenvalue weighted by Gasteiger charge is 2.38. The first-order valence-corrected chi connectivity index (χ1v) is 4.02. The molecule has 0 bridgehead atoms. The maximum absolute atomic E-state index is 8.74. The summed E-state index contributed by atoms with van der Waals surface area (Å²) in [6.45, 7) is 2.24. The highest BCUT2D eigenvalue weighted by molar-refractivity contribution is 5.00. The molecule has 54 valence electrons. The molecule has 0 aromatic rings. The largest absolute Gasteiger partial charge is 0.316 e. The minimum absolute atomic E-state index is 0.361. The van der Waals surface area contributed by atoms with E-state index in [0.29, 0.717) is 11.8 Å². The summed E-state index contributed by atoms with van der Waals surface area (Å²) in [5.74, 6) is 1.87. The molecule has 2 nitrogen and oxygen atoms in total. The van der Waals surface area contributed by atoms with E-state index in [9.17, 15) is 0 Å². The van der Waals surface area contributed by atoms with Crippen molar-refractivity contribution in [2.24, 2.45) is 17.8 Å². The molecule has 1 saturated heterocycles. The second-order valence-electron chi connectivity index (χ2n) is 3.40. The van der Waals surface area contributed by atoms with Crippen LogP contribution in [0.15, 0.2) is 0 Å². The van der Waals surface area contributed by atoms with E-state index in [4.69, 9.17) is 5.26 Å². The van der Waals surface area contributed by atoms with Gasteiger partial charge in [-0.25, -0.2) is 0 Å². The van der Waals surface area contributed by atoms with Crippen molar-refractivity contribution in [1.29, 1.82) is 5.26 Å². The molecular weight excluding hydrogens is 124 g/mol. The van der Waals surface area contributed by atoms with E-state index in [-0.39, 0.29) is 0 Å². The van der Waals surface area contributed by atoms with Crippen LogP contribution in [0, 0.1) is 29.1 Å². The van der Waals surface area contributed by atoms with E-state index < -0.39 is 0 Å². The van der Waals surface area contributed by atoms with Crippen LogP contribution in [0.3, 0.4) is 0 Å². The first-order valence-electron chi connectivity index (χ1n) is 4.02. The van der Waals surface area contributed by atoms with Crippen LogP contribution in [0.5, 0.6) is 0 Å². The quantitative estimate of drug-likeness (QED) is 0.533. The Balaban J connectivity index is 2.10. The van der Waals surface area contributed by atoms with Crippen molar-refractivity contribution in [1.82, 2.24) is 5.32 Å². The van der Waals surface area contributed by atoms with Gasteiger partial charge in [-0.1, -0.05) is 0 Å². The Morgan fingerprint density at radius 3 is 3.00 bits per heavy atom. The smallest absolute Gasteiger partial charge is 0.0659 e. The topological polar surface area (TPSA) is 35.8 Å². The molecule has 1 saturated carbocycles. The second-order valence-corrected chi connectivity index (χ2v) is 3.40. The fourth-order valence-corrected chi connectivity index (χ4v) is 2.31. The average molecular weight is 136 g/mol. The van der Waals surface area contributed by atoms with Gasteiger partial charge in [-0.15, -0.1) is 0 Å². The maximum atomic E-state index is 8.74. The lowest BCUT2D eigenvalue weighted by molar-refractivity contribution is 0.442. The minimum Gasteiger partial charge on any atom is -0.316 e.